The highest BCUT2D eigenvalue weighted by atomic mass is 127. The van der Waals surface area contributed by atoms with Crippen molar-refractivity contribution < 1.29 is 9.59 Å². The van der Waals surface area contributed by atoms with E-state index in [4.69, 9.17) is 0 Å². The van der Waals surface area contributed by atoms with E-state index in [1.165, 1.54) is 0 Å². The molecule has 1 heterocycles. The number of para-hydroxylation sites is 2. The topological polar surface area (TPSA) is 49.4 Å². The molecule has 1 amide bonds. The van der Waals surface area contributed by atoms with Crippen molar-refractivity contribution in [3.05, 3.63) is 105 Å². The Balaban J connectivity index is 1.73. The molecule has 0 bridgehead atoms. The van der Waals surface area contributed by atoms with E-state index in [1.807, 2.05) is 77.7 Å². The summed E-state index contributed by atoms with van der Waals surface area (Å²) >= 11 is 2.29. The number of amides is 1. The van der Waals surface area contributed by atoms with Gasteiger partial charge in [-0.2, -0.15) is 0 Å². The lowest BCUT2D eigenvalue weighted by Gasteiger charge is -2.37. The molecule has 3 aromatic carbocycles. The predicted octanol–water partition coefficient (Wildman–Crippen LogP) is 6.68. The molecule has 1 N–H and O–H groups in total. The summed E-state index contributed by atoms with van der Waals surface area (Å²) in [4.78, 5) is 29.6. The summed E-state index contributed by atoms with van der Waals surface area (Å²) in [6.07, 6.45) is 1.48. The molecule has 4 nitrogen and oxygen atoms in total. The van der Waals surface area contributed by atoms with Gasteiger partial charge < -0.3 is 5.32 Å². The van der Waals surface area contributed by atoms with Crippen molar-refractivity contribution in [3.8, 4) is 0 Å². The molecule has 0 saturated carbocycles. The minimum absolute atomic E-state index is 0.0318. The van der Waals surface area contributed by atoms with Crippen molar-refractivity contribution in [3.63, 3.8) is 0 Å². The van der Waals surface area contributed by atoms with Crippen LogP contribution in [0, 0.1) is 8.99 Å². The van der Waals surface area contributed by atoms with Crippen molar-refractivity contribution >= 4 is 45.7 Å². The number of halogens is 1. The highest BCUT2D eigenvalue weighted by molar-refractivity contribution is 14.1. The highest BCUT2D eigenvalue weighted by Crippen LogP contribution is 2.48. The summed E-state index contributed by atoms with van der Waals surface area (Å²) in [5.41, 5.74) is 5.05. The van der Waals surface area contributed by atoms with E-state index in [0.29, 0.717) is 12.0 Å². The molecule has 5 rings (SSSR count). The normalized spacial score (nSPS) is 19.1. The highest BCUT2D eigenvalue weighted by Gasteiger charge is 2.43. The maximum Gasteiger partial charge on any atom is 0.232 e. The number of rotatable bonds is 3. The number of Topliss-reactive ketones (excluding diaryl/α,β-unsaturated/α-hetero) is 1. The smallest absolute Gasteiger partial charge is 0.232 e. The van der Waals surface area contributed by atoms with Crippen LogP contribution in [-0.4, -0.2) is 11.7 Å². The van der Waals surface area contributed by atoms with E-state index >= 15 is 0 Å². The number of hydrogen-bond acceptors (Lipinski definition) is 3. The van der Waals surface area contributed by atoms with E-state index in [9.17, 15) is 9.59 Å². The van der Waals surface area contributed by atoms with Crippen molar-refractivity contribution in [2.24, 2.45) is 5.41 Å². The second-order valence-electron chi connectivity index (χ2n) is 9.86. The standard InChI is InChI=1S/C29H27IN2O2/c1-29(2)17-23-27(25(33)18-29)28(20-11-8-12-21(30)16-20)32(24-14-7-6-13-22(24)31-23)26(34)15-19-9-4-3-5-10-19/h3-14,16,28,31H,15,17-18H2,1-2H3/t28-/m1/s1. The number of nitrogens with zero attached hydrogens (tertiary/aromatic N) is 1. The van der Waals surface area contributed by atoms with Gasteiger partial charge in [-0.1, -0.05) is 68.4 Å². The first-order valence-corrected chi connectivity index (χ1v) is 12.6. The number of hydrogen-bond donors (Lipinski definition) is 1. The first-order chi connectivity index (χ1) is 16.3. The molecule has 2 aliphatic rings. The summed E-state index contributed by atoms with van der Waals surface area (Å²) in [7, 11) is 0. The van der Waals surface area contributed by atoms with Gasteiger partial charge in [0.25, 0.3) is 0 Å². The Morgan fingerprint density at radius 2 is 1.74 bits per heavy atom. The van der Waals surface area contributed by atoms with Gasteiger partial charge in [-0.15, -0.1) is 0 Å². The molecule has 3 aromatic rings. The van der Waals surface area contributed by atoms with Gasteiger partial charge in [0.2, 0.25) is 5.91 Å². The van der Waals surface area contributed by atoms with Crippen LogP contribution in [0.1, 0.15) is 43.9 Å². The van der Waals surface area contributed by atoms with Crippen LogP contribution >= 0.6 is 22.6 Å². The van der Waals surface area contributed by atoms with Crippen molar-refractivity contribution in [2.75, 3.05) is 10.2 Å². The Kier molecular flexibility index (Phi) is 6.06. The van der Waals surface area contributed by atoms with Crippen LogP contribution in [0.3, 0.4) is 0 Å². The largest absolute Gasteiger partial charge is 0.357 e. The summed E-state index contributed by atoms with van der Waals surface area (Å²) in [6, 6.07) is 25.3. The number of ketones is 1. The molecule has 172 valence electrons. The fourth-order valence-electron chi connectivity index (χ4n) is 5.11. The van der Waals surface area contributed by atoms with Gasteiger partial charge in [0, 0.05) is 21.3 Å². The molecule has 0 saturated heterocycles. The lowest BCUT2D eigenvalue weighted by Crippen LogP contribution is -2.40. The minimum atomic E-state index is -0.485. The Morgan fingerprint density at radius 1 is 1.00 bits per heavy atom. The second-order valence-corrected chi connectivity index (χ2v) is 11.1. The van der Waals surface area contributed by atoms with Crippen LogP contribution in [0.4, 0.5) is 11.4 Å². The maximum absolute atomic E-state index is 14.0. The average Bonchev–Trinajstić information content (AvgIpc) is 2.93. The van der Waals surface area contributed by atoms with Gasteiger partial charge in [-0.05, 0) is 69.8 Å². The summed E-state index contributed by atoms with van der Waals surface area (Å²) in [5.74, 6) is 0.0728. The lowest BCUT2D eigenvalue weighted by atomic mass is 9.73. The number of benzene rings is 3. The fourth-order valence-corrected chi connectivity index (χ4v) is 5.68. The van der Waals surface area contributed by atoms with Crippen LogP contribution in [0.5, 0.6) is 0 Å². The number of allylic oxidation sites excluding steroid dienone is 1. The van der Waals surface area contributed by atoms with Gasteiger partial charge in [-0.25, -0.2) is 0 Å². The molecule has 0 aromatic heterocycles. The zero-order chi connectivity index (χ0) is 23.9. The summed E-state index contributed by atoms with van der Waals surface area (Å²) in [5, 5.41) is 3.57. The SMILES string of the molecule is CC1(C)CC(=O)C2=C(C1)Nc1ccccc1N(C(=O)Cc1ccccc1)[C@@H]2c1cccc(I)c1. The molecule has 34 heavy (non-hydrogen) atoms. The van der Waals surface area contributed by atoms with Gasteiger partial charge >= 0.3 is 0 Å². The molecule has 0 fully saturated rings. The third-order valence-electron chi connectivity index (χ3n) is 6.53. The first kappa shape index (κ1) is 22.8. The molecule has 1 atom stereocenters. The zero-order valence-electron chi connectivity index (χ0n) is 19.3. The quantitative estimate of drug-likeness (QED) is 0.363. The predicted molar refractivity (Wildman–Crippen MR) is 145 cm³/mol. The van der Waals surface area contributed by atoms with Gasteiger partial charge in [-0.3, -0.25) is 14.5 Å². The van der Waals surface area contributed by atoms with E-state index < -0.39 is 6.04 Å². The number of fused-ring (bicyclic) bond motifs is 1. The molecular weight excluding hydrogens is 535 g/mol. The number of anilines is 2. The summed E-state index contributed by atoms with van der Waals surface area (Å²) < 4.78 is 1.07. The van der Waals surface area contributed by atoms with Gasteiger partial charge in [0.15, 0.2) is 5.78 Å². The Hall–Kier alpha value is -2.93. The molecule has 0 spiro atoms. The Bertz CT molecular complexity index is 1300. The number of carbonyl (C=O) groups is 2. The first-order valence-electron chi connectivity index (χ1n) is 11.6. The van der Waals surface area contributed by atoms with Crippen molar-refractivity contribution in [2.45, 2.75) is 39.2 Å². The molecular formula is C29H27IN2O2. The molecule has 0 radical (unpaired) electrons. The molecule has 0 unspecified atom stereocenters. The third kappa shape index (κ3) is 4.41. The van der Waals surface area contributed by atoms with E-state index in [1.54, 1.807) is 0 Å². The zero-order valence-corrected chi connectivity index (χ0v) is 21.5. The Morgan fingerprint density at radius 3 is 2.50 bits per heavy atom. The maximum atomic E-state index is 14.0. The van der Waals surface area contributed by atoms with Gasteiger partial charge in [0.05, 0.1) is 23.8 Å². The minimum Gasteiger partial charge on any atom is -0.357 e. The third-order valence-corrected chi connectivity index (χ3v) is 7.20. The Labute approximate surface area is 214 Å². The average molecular weight is 562 g/mol. The molecule has 5 heteroatoms. The second kappa shape index (κ2) is 9.02. The number of carbonyl (C=O) groups excluding carboxylic acids is 2. The monoisotopic (exact) mass is 562 g/mol. The summed E-state index contributed by atoms with van der Waals surface area (Å²) in [6.45, 7) is 4.26. The van der Waals surface area contributed by atoms with E-state index in [0.717, 1.165) is 38.2 Å². The van der Waals surface area contributed by atoms with Crippen molar-refractivity contribution in [1.29, 1.82) is 0 Å². The molecule has 1 aliphatic carbocycles. The molecule has 1 aliphatic heterocycles. The lowest BCUT2D eigenvalue weighted by molar-refractivity contribution is -0.119. The number of nitrogens with one attached hydrogen (secondary N) is 1. The van der Waals surface area contributed by atoms with E-state index in [-0.39, 0.29) is 23.5 Å². The van der Waals surface area contributed by atoms with Crippen LogP contribution in [0.2, 0.25) is 0 Å². The van der Waals surface area contributed by atoms with Crippen LogP contribution in [0.15, 0.2) is 90.1 Å². The van der Waals surface area contributed by atoms with Crippen molar-refractivity contribution in [1.82, 2.24) is 0 Å². The van der Waals surface area contributed by atoms with E-state index in [2.05, 4.69) is 47.8 Å². The van der Waals surface area contributed by atoms with Crippen LogP contribution in [0.25, 0.3) is 0 Å². The van der Waals surface area contributed by atoms with Gasteiger partial charge in [0.1, 0.15) is 0 Å². The van der Waals surface area contributed by atoms with Crippen LogP contribution < -0.4 is 10.2 Å². The van der Waals surface area contributed by atoms with Crippen LogP contribution in [-0.2, 0) is 16.0 Å². The fraction of sp³-hybridized carbons (Fsp3) is 0.241.